The maximum atomic E-state index is 12.5. The molecule has 0 aromatic rings. The monoisotopic (exact) mass is 888 g/mol. The number of hydrogen-bond acceptors (Lipinski definition) is 4. The summed E-state index contributed by atoms with van der Waals surface area (Å²) < 4.78 is 0. The largest absolute Gasteiger partial charge is 0.394 e. The van der Waals surface area contributed by atoms with Gasteiger partial charge in [-0.25, -0.2) is 0 Å². The highest BCUT2D eigenvalue weighted by Crippen LogP contribution is 2.17. The van der Waals surface area contributed by atoms with Gasteiger partial charge in [0.05, 0.1) is 18.8 Å². The number of nitrogens with one attached hydrogen (secondary N) is 1. The molecule has 0 aliphatic heterocycles. The molecule has 0 saturated carbocycles. The zero-order chi connectivity index (χ0) is 45.8. The Morgan fingerprint density at radius 2 is 0.635 bits per heavy atom. The van der Waals surface area contributed by atoms with Crippen molar-refractivity contribution >= 4 is 5.91 Å². The molecule has 3 unspecified atom stereocenters. The van der Waals surface area contributed by atoms with E-state index < -0.39 is 24.2 Å². The third-order valence-electron chi connectivity index (χ3n) is 13.5. The van der Waals surface area contributed by atoms with E-state index in [1.807, 2.05) is 6.08 Å². The molecule has 0 aliphatic carbocycles. The van der Waals surface area contributed by atoms with Crippen LogP contribution in [0.25, 0.3) is 0 Å². The third kappa shape index (κ3) is 48.6. The lowest BCUT2D eigenvalue weighted by atomic mass is 10.0. The molecule has 5 nitrogen and oxygen atoms in total. The summed E-state index contributed by atoms with van der Waals surface area (Å²) in [6.45, 7) is 4.21. The highest BCUT2D eigenvalue weighted by atomic mass is 16.3. The molecule has 0 fully saturated rings. The van der Waals surface area contributed by atoms with Crippen LogP contribution in [0.1, 0.15) is 316 Å². The second kappa shape index (κ2) is 53.4. The van der Waals surface area contributed by atoms with Gasteiger partial charge >= 0.3 is 0 Å². The van der Waals surface area contributed by atoms with E-state index in [1.165, 1.54) is 263 Å². The summed E-state index contributed by atoms with van der Waals surface area (Å²) in [5, 5.41) is 33.3. The average Bonchev–Trinajstić information content (AvgIpc) is 3.29. The molecule has 374 valence electrons. The second-order valence-electron chi connectivity index (χ2n) is 19.9. The van der Waals surface area contributed by atoms with Crippen LogP contribution in [0.15, 0.2) is 24.3 Å². The van der Waals surface area contributed by atoms with E-state index in [0.29, 0.717) is 6.42 Å². The SMILES string of the molecule is CCCCCCCCCCCCCCC/C=C/C(O)C(CO)NC(=O)C(O)CCCCCCCCCCCCCCCCCC/C=C\CCCCCCCCCCCCCCCC. The Morgan fingerprint density at radius 1 is 0.381 bits per heavy atom. The number of aliphatic hydroxyl groups excluding tert-OH is 3. The summed E-state index contributed by atoms with van der Waals surface area (Å²) >= 11 is 0. The number of unbranched alkanes of at least 4 members (excludes halogenated alkanes) is 43. The molecule has 0 heterocycles. The summed E-state index contributed by atoms with van der Waals surface area (Å²) in [5.74, 6) is -0.498. The zero-order valence-electron chi connectivity index (χ0n) is 42.7. The van der Waals surface area contributed by atoms with Crippen LogP contribution in [0.3, 0.4) is 0 Å². The minimum absolute atomic E-state index is 0.360. The Balaban J connectivity index is 3.49. The van der Waals surface area contributed by atoms with Crippen molar-refractivity contribution < 1.29 is 20.1 Å². The predicted octanol–water partition coefficient (Wildman–Crippen LogP) is 17.7. The van der Waals surface area contributed by atoms with Gasteiger partial charge in [0.15, 0.2) is 0 Å². The van der Waals surface area contributed by atoms with Gasteiger partial charge in [0, 0.05) is 0 Å². The van der Waals surface area contributed by atoms with Crippen molar-refractivity contribution in [2.24, 2.45) is 0 Å². The van der Waals surface area contributed by atoms with E-state index in [0.717, 1.165) is 32.1 Å². The van der Waals surface area contributed by atoms with E-state index in [-0.39, 0.29) is 6.61 Å². The van der Waals surface area contributed by atoms with Gasteiger partial charge in [-0.3, -0.25) is 4.79 Å². The molecule has 0 aromatic heterocycles. The number of hydrogen-bond donors (Lipinski definition) is 4. The molecule has 0 aromatic carbocycles. The van der Waals surface area contributed by atoms with Crippen molar-refractivity contribution in [3.05, 3.63) is 24.3 Å². The standard InChI is InChI=1S/C58H113NO4/c1-3-5-7-9-11-13-15-17-19-20-21-22-23-24-25-26-27-28-29-30-31-32-33-34-35-36-37-39-41-43-45-47-49-51-53-57(62)58(63)59-55(54-60)56(61)52-50-48-46-44-42-40-38-18-16-14-12-10-8-6-4-2/h26-27,50,52,55-57,60-62H,3-25,28-49,51,53-54H2,1-2H3,(H,59,63)/b27-26-,52-50+. The van der Waals surface area contributed by atoms with Crippen LogP contribution >= 0.6 is 0 Å². The van der Waals surface area contributed by atoms with Crippen LogP contribution in [0.2, 0.25) is 0 Å². The van der Waals surface area contributed by atoms with Crippen LogP contribution in [0.5, 0.6) is 0 Å². The normalized spacial score (nSPS) is 13.4. The van der Waals surface area contributed by atoms with E-state index in [4.69, 9.17) is 0 Å². The Hall–Kier alpha value is -1.17. The van der Waals surface area contributed by atoms with Gasteiger partial charge in [0.1, 0.15) is 6.10 Å². The fourth-order valence-electron chi connectivity index (χ4n) is 9.07. The third-order valence-corrected chi connectivity index (χ3v) is 13.5. The number of rotatable bonds is 53. The minimum Gasteiger partial charge on any atom is -0.394 e. The van der Waals surface area contributed by atoms with Gasteiger partial charge < -0.3 is 20.6 Å². The topological polar surface area (TPSA) is 89.8 Å². The van der Waals surface area contributed by atoms with E-state index >= 15 is 0 Å². The first kappa shape index (κ1) is 61.8. The molecule has 0 saturated heterocycles. The summed E-state index contributed by atoms with van der Waals surface area (Å²) in [7, 11) is 0. The Bertz CT molecular complexity index is 936. The first-order chi connectivity index (χ1) is 31.1. The molecule has 5 heteroatoms. The molecule has 3 atom stereocenters. The van der Waals surface area contributed by atoms with Crippen molar-refractivity contribution in [3.63, 3.8) is 0 Å². The molecular weight excluding hydrogens is 775 g/mol. The fraction of sp³-hybridized carbons (Fsp3) is 0.914. The van der Waals surface area contributed by atoms with Crippen molar-refractivity contribution in [1.29, 1.82) is 0 Å². The first-order valence-electron chi connectivity index (χ1n) is 28.7. The molecule has 63 heavy (non-hydrogen) atoms. The summed E-state index contributed by atoms with van der Waals surface area (Å²) in [6.07, 6.45) is 68.4. The van der Waals surface area contributed by atoms with Crippen LogP contribution < -0.4 is 5.32 Å². The number of carbonyl (C=O) groups is 1. The average molecular weight is 889 g/mol. The lowest BCUT2D eigenvalue weighted by molar-refractivity contribution is -0.131. The Morgan fingerprint density at radius 3 is 0.921 bits per heavy atom. The summed E-state index contributed by atoms with van der Waals surface area (Å²) in [5.41, 5.74) is 0. The van der Waals surface area contributed by atoms with Crippen molar-refractivity contribution in [2.75, 3.05) is 6.61 Å². The highest BCUT2D eigenvalue weighted by Gasteiger charge is 2.22. The maximum Gasteiger partial charge on any atom is 0.249 e. The van der Waals surface area contributed by atoms with E-state index in [2.05, 4.69) is 31.3 Å². The van der Waals surface area contributed by atoms with Gasteiger partial charge in [-0.05, 0) is 44.9 Å². The van der Waals surface area contributed by atoms with Gasteiger partial charge in [-0.15, -0.1) is 0 Å². The molecule has 0 bridgehead atoms. The lowest BCUT2D eigenvalue weighted by Crippen LogP contribution is -2.48. The highest BCUT2D eigenvalue weighted by molar-refractivity contribution is 5.80. The van der Waals surface area contributed by atoms with Crippen molar-refractivity contribution in [2.45, 2.75) is 334 Å². The quantitative estimate of drug-likeness (QED) is 0.0362. The van der Waals surface area contributed by atoms with Crippen molar-refractivity contribution in [3.8, 4) is 0 Å². The second-order valence-corrected chi connectivity index (χ2v) is 19.9. The number of carbonyl (C=O) groups excluding carboxylic acids is 1. The van der Waals surface area contributed by atoms with Crippen molar-refractivity contribution in [1.82, 2.24) is 5.32 Å². The summed E-state index contributed by atoms with van der Waals surface area (Å²) in [4.78, 5) is 12.5. The van der Waals surface area contributed by atoms with Gasteiger partial charge in [0.2, 0.25) is 5.91 Å². The van der Waals surface area contributed by atoms with E-state index in [9.17, 15) is 20.1 Å². The molecule has 0 radical (unpaired) electrons. The van der Waals surface area contributed by atoms with Gasteiger partial charge in [-0.1, -0.05) is 295 Å². The van der Waals surface area contributed by atoms with Crippen LogP contribution in [-0.2, 0) is 4.79 Å². The zero-order valence-corrected chi connectivity index (χ0v) is 42.7. The Labute approximate surface area is 394 Å². The van der Waals surface area contributed by atoms with Crippen LogP contribution in [-0.4, -0.2) is 46.1 Å². The van der Waals surface area contributed by atoms with E-state index in [1.54, 1.807) is 6.08 Å². The van der Waals surface area contributed by atoms with Crippen LogP contribution in [0.4, 0.5) is 0 Å². The lowest BCUT2D eigenvalue weighted by Gasteiger charge is -2.21. The molecule has 4 N–H and O–H groups in total. The van der Waals surface area contributed by atoms with Crippen LogP contribution in [0, 0.1) is 0 Å². The minimum atomic E-state index is -1.10. The molecule has 0 rings (SSSR count). The van der Waals surface area contributed by atoms with Gasteiger partial charge in [-0.2, -0.15) is 0 Å². The smallest absolute Gasteiger partial charge is 0.249 e. The molecule has 1 amide bonds. The molecule has 0 aliphatic rings. The summed E-state index contributed by atoms with van der Waals surface area (Å²) in [6, 6.07) is -0.795. The maximum absolute atomic E-state index is 12.5. The molecule has 0 spiro atoms. The Kier molecular flexibility index (Phi) is 52.5. The first-order valence-corrected chi connectivity index (χ1v) is 28.7. The number of allylic oxidation sites excluding steroid dienone is 3. The van der Waals surface area contributed by atoms with Gasteiger partial charge in [0.25, 0.3) is 0 Å². The fourth-order valence-corrected chi connectivity index (χ4v) is 9.07. The number of amides is 1. The number of aliphatic hydroxyl groups is 3. The predicted molar refractivity (Wildman–Crippen MR) is 278 cm³/mol. The molecular formula is C58H113NO4.